The summed E-state index contributed by atoms with van der Waals surface area (Å²) in [4.78, 5) is 30.0. The first kappa shape index (κ1) is 23.2. The highest BCUT2D eigenvalue weighted by atomic mass is 35.5. The molecule has 0 spiro atoms. The number of alkyl halides is 3. The summed E-state index contributed by atoms with van der Waals surface area (Å²) in [6.07, 6.45) is -3.12. The highest BCUT2D eigenvalue weighted by molar-refractivity contribution is 6.30. The van der Waals surface area contributed by atoms with E-state index in [9.17, 15) is 22.8 Å². The van der Waals surface area contributed by atoms with Crippen LogP contribution in [0.4, 0.5) is 18.9 Å². The molecular formula is C24H23ClF3N3O2. The van der Waals surface area contributed by atoms with Crippen LogP contribution in [0.15, 0.2) is 47.4 Å². The number of rotatable bonds is 3. The van der Waals surface area contributed by atoms with Gasteiger partial charge >= 0.3 is 6.18 Å². The molecule has 1 aromatic heterocycles. The van der Waals surface area contributed by atoms with E-state index in [0.717, 1.165) is 23.4 Å². The Balaban J connectivity index is 1.64. The van der Waals surface area contributed by atoms with Crippen LogP contribution in [-0.2, 0) is 12.7 Å². The zero-order chi connectivity index (χ0) is 23.9. The highest BCUT2D eigenvalue weighted by Crippen LogP contribution is 2.31. The maximum Gasteiger partial charge on any atom is 0.416 e. The predicted molar refractivity (Wildman–Crippen MR) is 123 cm³/mol. The molecule has 9 heteroatoms. The first-order valence-electron chi connectivity index (χ1n) is 10.6. The topological polar surface area (TPSA) is 45.6 Å². The molecule has 3 aromatic rings. The normalized spacial score (nSPS) is 14.7. The van der Waals surface area contributed by atoms with Crippen molar-refractivity contribution in [3.8, 4) is 0 Å². The van der Waals surface area contributed by atoms with Gasteiger partial charge in [-0.15, -0.1) is 0 Å². The van der Waals surface area contributed by atoms with E-state index in [1.165, 1.54) is 12.3 Å². The second kappa shape index (κ2) is 8.74. The van der Waals surface area contributed by atoms with Crippen molar-refractivity contribution in [1.82, 2.24) is 9.47 Å². The molecule has 5 nitrogen and oxygen atoms in total. The molecule has 2 heterocycles. The molecule has 1 saturated heterocycles. The van der Waals surface area contributed by atoms with Gasteiger partial charge in [0.15, 0.2) is 0 Å². The molecular weight excluding hydrogens is 455 g/mol. The van der Waals surface area contributed by atoms with Crippen LogP contribution in [0.3, 0.4) is 0 Å². The van der Waals surface area contributed by atoms with Crippen molar-refractivity contribution in [2.45, 2.75) is 26.6 Å². The number of pyridine rings is 1. The van der Waals surface area contributed by atoms with E-state index in [0.29, 0.717) is 43.3 Å². The van der Waals surface area contributed by atoms with Crippen LogP contribution in [0.5, 0.6) is 0 Å². The Morgan fingerprint density at radius 2 is 1.76 bits per heavy atom. The number of nitrogens with zero attached hydrogens (tertiary/aromatic N) is 3. The van der Waals surface area contributed by atoms with Gasteiger partial charge in [-0.3, -0.25) is 9.59 Å². The number of aryl methyl sites for hydroxylation is 2. The number of benzene rings is 2. The second-order valence-corrected chi connectivity index (χ2v) is 8.53. The Hall–Kier alpha value is -3.00. The van der Waals surface area contributed by atoms with Crippen LogP contribution in [0.1, 0.15) is 28.4 Å². The molecule has 0 saturated carbocycles. The lowest BCUT2D eigenvalue weighted by Crippen LogP contribution is -2.49. The number of carbonyl (C=O) groups is 1. The molecule has 2 aromatic carbocycles. The minimum atomic E-state index is -4.58. The van der Waals surface area contributed by atoms with Gasteiger partial charge in [-0.2, -0.15) is 13.2 Å². The fourth-order valence-corrected chi connectivity index (χ4v) is 4.40. The third kappa shape index (κ3) is 4.44. The fraction of sp³-hybridized carbons (Fsp3) is 0.333. The number of fused-ring (bicyclic) bond motifs is 1. The third-order valence-corrected chi connectivity index (χ3v) is 6.29. The number of hydrogen-bond donors (Lipinski definition) is 0. The zero-order valence-electron chi connectivity index (χ0n) is 18.2. The molecule has 0 radical (unpaired) electrons. The van der Waals surface area contributed by atoms with Gasteiger partial charge in [0.25, 0.3) is 5.91 Å². The summed E-state index contributed by atoms with van der Waals surface area (Å²) < 4.78 is 41.3. The number of carbonyl (C=O) groups excluding carboxylic acids is 1. The SMILES string of the molecule is CCn1cc(C(=O)N2CCN(c3cc(Cl)ccc3C)CC2)c(=O)c2cc(C(F)(F)F)ccc21. The lowest BCUT2D eigenvalue weighted by molar-refractivity contribution is -0.137. The first-order chi connectivity index (χ1) is 15.6. The Morgan fingerprint density at radius 3 is 2.39 bits per heavy atom. The summed E-state index contributed by atoms with van der Waals surface area (Å²) in [7, 11) is 0. The summed E-state index contributed by atoms with van der Waals surface area (Å²) in [5.74, 6) is -0.469. The van der Waals surface area contributed by atoms with Crippen molar-refractivity contribution in [3.63, 3.8) is 0 Å². The smallest absolute Gasteiger partial charge is 0.368 e. The minimum Gasteiger partial charge on any atom is -0.368 e. The van der Waals surface area contributed by atoms with Crippen LogP contribution >= 0.6 is 11.6 Å². The van der Waals surface area contributed by atoms with Crippen LogP contribution in [-0.4, -0.2) is 41.6 Å². The van der Waals surface area contributed by atoms with Crippen molar-refractivity contribution in [2.24, 2.45) is 0 Å². The van der Waals surface area contributed by atoms with Crippen LogP contribution in [0, 0.1) is 6.92 Å². The summed E-state index contributed by atoms with van der Waals surface area (Å²) in [5.41, 5.74) is 0.724. The van der Waals surface area contributed by atoms with Gasteiger partial charge in [0.2, 0.25) is 5.43 Å². The molecule has 1 fully saturated rings. The van der Waals surface area contributed by atoms with Crippen molar-refractivity contribution in [1.29, 1.82) is 0 Å². The second-order valence-electron chi connectivity index (χ2n) is 8.10. The van der Waals surface area contributed by atoms with Gasteiger partial charge in [0, 0.05) is 55.0 Å². The van der Waals surface area contributed by atoms with Crippen molar-refractivity contribution >= 4 is 34.1 Å². The number of amides is 1. The summed E-state index contributed by atoms with van der Waals surface area (Å²) in [5, 5.41) is 0.523. The fourth-order valence-electron chi connectivity index (χ4n) is 4.23. The third-order valence-electron chi connectivity index (χ3n) is 6.06. The van der Waals surface area contributed by atoms with Gasteiger partial charge in [0.05, 0.1) is 11.1 Å². The van der Waals surface area contributed by atoms with E-state index in [1.54, 1.807) is 9.47 Å². The molecule has 0 bridgehead atoms. The van der Waals surface area contributed by atoms with Crippen molar-refractivity contribution in [3.05, 3.63) is 74.5 Å². The largest absolute Gasteiger partial charge is 0.416 e. The molecule has 1 aliphatic heterocycles. The predicted octanol–water partition coefficient (Wildman–Crippen LogP) is 4.96. The molecule has 4 rings (SSSR count). The van der Waals surface area contributed by atoms with Gasteiger partial charge in [-0.1, -0.05) is 17.7 Å². The van der Waals surface area contributed by atoms with Gasteiger partial charge in [0.1, 0.15) is 5.56 Å². The molecule has 174 valence electrons. The molecule has 33 heavy (non-hydrogen) atoms. The lowest BCUT2D eigenvalue weighted by Gasteiger charge is -2.37. The van der Waals surface area contributed by atoms with Gasteiger partial charge in [-0.25, -0.2) is 0 Å². The molecule has 1 amide bonds. The Kier molecular flexibility index (Phi) is 6.14. The molecule has 1 aliphatic rings. The number of piperazine rings is 1. The van der Waals surface area contributed by atoms with Crippen LogP contribution in [0.2, 0.25) is 5.02 Å². The first-order valence-corrected chi connectivity index (χ1v) is 11.0. The average molecular weight is 478 g/mol. The lowest BCUT2D eigenvalue weighted by atomic mass is 10.1. The maximum atomic E-state index is 13.2. The number of anilines is 1. The van der Waals surface area contributed by atoms with Crippen molar-refractivity contribution in [2.75, 3.05) is 31.1 Å². The molecule has 0 atom stereocenters. The number of halogens is 4. The molecule has 0 N–H and O–H groups in total. The van der Waals surface area contributed by atoms with Crippen LogP contribution < -0.4 is 10.3 Å². The minimum absolute atomic E-state index is 0.106. The van der Waals surface area contributed by atoms with E-state index >= 15 is 0 Å². The van der Waals surface area contributed by atoms with E-state index in [-0.39, 0.29) is 10.9 Å². The molecule has 0 aliphatic carbocycles. The quantitative estimate of drug-likeness (QED) is 0.535. The Labute approximate surface area is 194 Å². The Morgan fingerprint density at radius 1 is 1.06 bits per heavy atom. The zero-order valence-corrected chi connectivity index (χ0v) is 19.0. The maximum absolute atomic E-state index is 13.2. The average Bonchev–Trinajstić information content (AvgIpc) is 2.80. The molecule has 0 unspecified atom stereocenters. The van der Waals surface area contributed by atoms with Crippen LogP contribution in [0.25, 0.3) is 10.9 Å². The highest BCUT2D eigenvalue weighted by Gasteiger charge is 2.32. The Bertz CT molecular complexity index is 1280. The summed E-state index contributed by atoms with van der Waals surface area (Å²) in [6, 6.07) is 8.71. The van der Waals surface area contributed by atoms with Gasteiger partial charge < -0.3 is 14.4 Å². The van der Waals surface area contributed by atoms with E-state index in [2.05, 4.69) is 4.90 Å². The standard InChI is InChI=1S/C24H23ClF3N3O2/c1-3-29-14-19(22(32)18-12-16(24(26,27)28)5-7-20(18)29)23(33)31-10-8-30(9-11-31)21-13-17(25)6-4-15(21)2/h4-7,12-14H,3,8-11H2,1-2H3. The van der Waals surface area contributed by atoms with E-state index in [4.69, 9.17) is 11.6 Å². The van der Waals surface area contributed by atoms with Crippen molar-refractivity contribution < 1.29 is 18.0 Å². The van der Waals surface area contributed by atoms with Gasteiger partial charge in [-0.05, 0) is 49.7 Å². The number of hydrogen-bond acceptors (Lipinski definition) is 3. The monoisotopic (exact) mass is 477 g/mol. The van der Waals surface area contributed by atoms with E-state index in [1.807, 2.05) is 32.0 Å². The number of aromatic nitrogens is 1. The summed E-state index contributed by atoms with van der Waals surface area (Å²) in [6.45, 7) is 6.09. The summed E-state index contributed by atoms with van der Waals surface area (Å²) >= 11 is 6.13. The van der Waals surface area contributed by atoms with E-state index < -0.39 is 23.1 Å².